The topological polar surface area (TPSA) is 43.8 Å². The standard InChI is InChI=1S/C15H22N2O2/c1-16-9-7-14(8-10-16)17(12-15(18)19)11-13-5-3-2-4-6-13/h2-6,14H,7-12H2,1H3,(H,18,19). The van der Waals surface area contributed by atoms with Crippen LogP contribution in [0, 0.1) is 0 Å². The lowest BCUT2D eigenvalue weighted by Gasteiger charge is -2.36. The SMILES string of the molecule is CN1CCC(N(CC(=O)O)Cc2ccccc2)CC1. The Balaban J connectivity index is 2.01. The van der Waals surface area contributed by atoms with E-state index in [4.69, 9.17) is 5.11 Å². The van der Waals surface area contributed by atoms with E-state index in [2.05, 4.69) is 29.0 Å². The number of rotatable bonds is 5. The first-order valence-corrected chi connectivity index (χ1v) is 6.83. The molecule has 19 heavy (non-hydrogen) atoms. The molecule has 1 N–H and O–H groups in total. The Kier molecular flexibility index (Phi) is 4.93. The summed E-state index contributed by atoms with van der Waals surface area (Å²) in [5.74, 6) is -0.741. The summed E-state index contributed by atoms with van der Waals surface area (Å²) in [4.78, 5) is 15.5. The summed E-state index contributed by atoms with van der Waals surface area (Å²) >= 11 is 0. The third-order valence-corrected chi connectivity index (χ3v) is 3.77. The average Bonchev–Trinajstić information content (AvgIpc) is 2.39. The Morgan fingerprint density at radius 1 is 1.32 bits per heavy atom. The van der Waals surface area contributed by atoms with Gasteiger partial charge in [0, 0.05) is 12.6 Å². The molecule has 104 valence electrons. The molecule has 1 aliphatic rings. The highest BCUT2D eigenvalue weighted by Crippen LogP contribution is 2.18. The first kappa shape index (κ1) is 14.0. The second kappa shape index (κ2) is 6.68. The number of benzene rings is 1. The summed E-state index contributed by atoms with van der Waals surface area (Å²) < 4.78 is 0. The van der Waals surface area contributed by atoms with Crippen LogP contribution in [0.3, 0.4) is 0 Å². The van der Waals surface area contributed by atoms with Gasteiger partial charge in [-0.15, -0.1) is 0 Å². The molecule has 0 amide bonds. The van der Waals surface area contributed by atoms with Crippen LogP contribution in [0.2, 0.25) is 0 Å². The number of piperidine rings is 1. The number of hydrogen-bond acceptors (Lipinski definition) is 3. The van der Waals surface area contributed by atoms with Gasteiger partial charge in [0.15, 0.2) is 0 Å². The maximum Gasteiger partial charge on any atom is 0.317 e. The summed E-state index contributed by atoms with van der Waals surface area (Å²) in [6, 6.07) is 10.5. The number of carboxylic acid groups (broad SMARTS) is 1. The maximum absolute atomic E-state index is 11.1. The van der Waals surface area contributed by atoms with Gasteiger partial charge in [-0.2, -0.15) is 0 Å². The second-order valence-corrected chi connectivity index (χ2v) is 5.32. The van der Waals surface area contributed by atoms with Crippen molar-refractivity contribution >= 4 is 5.97 Å². The fourth-order valence-corrected chi connectivity index (χ4v) is 2.67. The molecule has 0 aromatic heterocycles. The molecule has 0 bridgehead atoms. The Labute approximate surface area is 114 Å². The molecule has 4 nitrogen and oxygen atoms in total. The molecule has 4 heteroatoms. The predicted molar refractivity (Wildman–Crippen MR) is 75.0 cm³/mol. The molecule has 1 aromatic rings. The van der Waals surface area contributed by atoms with Crippen LogP contribution in [0.15, 0.2) is 30.3 Å². The Bertz CT molecular complexity index is 400. The summed E-state index contributed by atoms with van der Waals surface area (Å²) in [6.07, 6.45) is 2.10. The van der Waals surface area contributed by atoms with Crippen LogP contribution in [0.25, 0.3) is 0 Å². The van der Waals surface area contributed by atoms with Crippen molar-refractivity contribution in [2.75, 3.05) is 26.7 Å². The van der Waals surface area contributed by atoms with Gasteiger partial charge in [-0.05, 0) is 38.5 Å². The quantitative estimate of drug-likeness (QED) is 0.876. The number of hydrogen-bond donors (Lipinski definition) is 1. The number of likely N-dealkylation sites (tertiary alicyclic amines) is 1. The first-order valence-electron chi connectivity index (χ1n) is 6.83. The number of carbonyl (C=O) groups is 1. The van der Waals surface area contributed by atoms with Gasteiger partial charge < -0.3 is 10.0 Å². The highest BCUT2D eigenvalue weighted by atomic mass is 16.4. The van der Waals surface area contributed by atoms with Crippen LogP contribution >= 0.6 is 0 Å². The fourth-order valence-electron chi connectivity index (χ4n) is 2.67. The first-order chi connectivity index (χ1) is 9.15. The highest BCUT2D eigenvalue weighted by Gasteiger charge is 2.24. The molecule has 0 radical (unpaired) electrons. The van der Waals surface area contributed by atoms with Crippen LogP contribution in [0.4, 0.5) is 0 Å². The molecule has 1 saturated heterocycles. The molecule has 1 heterocycles. The minimum atomic E-state index is -0.741. The zero-order valence-corrected chi connectivity index (χ0v) is 11.5. The monoisotopic (exact) mass is 262 g/mol. The van der Waals surface area contributed by atoms with E-state index in [0.29, 0.717) is 6.04 Å². The van der Waals surface area contributed by atoms with Crippen LogP contribution < -0.4 is 0 Å². The van der Waals surface area contributed by atoms with E-state index in [9.17, 15) is 4.79 Å². The van der Waals surface area contributed by atoms with Crippen LogP contribution in [0.1, 0.15) is 18.4 Å². The molecule has 0 aliphatic carbocycles. The van der Waals surface area contributed by atoms with Gasteiger partial charge in [0.25, 0.3) is 0 Å². The molecule has 1 aliphatic heterocycles. The van der Waals surface area contributed by atoms with Gasteiger partial charge in [0.1, 0.15) is 0 Å². The lowest BCUT2D eigenvalue weighted by atomic mass is 10.0. The van der Waals surface area contributed by atoms with Crippen molar-refractivity contribution in [2.24, 2.45) is 0 Å². The summed E-state index contributed by atoms with van der Waals surface area (Å²) in [7, 11) is 2.12. The Morgan fingerprint density at radius 3 is 2.53 bits per heavy atom. The smallest absolute Gasteiger partial charge is 0.317 e. The van der Waals surface area contributed by atoms with Crippen molar-refractivity contribution in [2.45, 2.75) is 25.4 Å². The number of nitrogens with zero attached hydrogens (tertiary/aromatic N) is 2. The average molecular weight is 262 g/mol. The van der Waals surface area contributed by atoms with E-state index in [0.717, 1.165) is 32.5 Å². The highest BCUT2D eigenvalue weighted by molar-refractivity contribution is 5.69. The fraction of sp³-hybridized carbons (Fsp3) is 0.533. The van der Waals surface area contributed by atoms with Crippen molar-refractivity contribution in [1.29, 1.82) is 0 Å². The molecular formula is C15H22N2O2. The molecule has 2 rings (SSSR count). The van der Waals surface area contributed by atoms with Crippen LogP contribution in [0.5, 0.6) is 0 Å². The molecule has 0 unspecified atom stereocenters. The van der Waals surface area contributed by atoms with Crippen molar-refractivity contribution in [1.82, 2.24) is 9.80 Å². The normalized spacial score (nSPS) is 17.8. The van der Waals surface area contributed by atoms with E-state index in [1.54, 1.807) is 0 Å². The number of carboxylic acids is 1. The molecule has 0 atom stereocenters. The van der Waals surface area contributed by atoms with Crippen molar-refractivity contribution in [3.8, 4) is 0 Å². The van der Waals surface area contributed by atoms with E-state index < -0.39 is 5.97 Å². The molecule has 0 saturated carbocycles. The van der Waals surface area contributed by atoms with E-state index >= 15 is 0 Å². The van der Waals surface area contributed by atoms with E-state index in [1.165, 1.54) is 5.56 Å². The molecular weight excluding hydrogens is 240 g/mol. The third-order valence-electron chi connectivity index (χ3n) is 3.77. The van der Waals surface area contributed by atoms with Gasteiger partial charge in [-0.3, -0.25) is 9.69 Å². The zero-order chi connectivity index (χ0) is 13.7. The van der Waals surface area contributed by atoms with E-state index in [1.807, 2.05) is 18.2 Å². The van der Waals surface area contributed by atoms with Crippen LogP contribution in [-0.2, 0) is 11.3 Å². The van der Waals surface area contributed by atoms with Crippen molar-refractivity contribution in [3.05, 3.63) is 35.9 Å². The van der Waals surface area contributed by atoms with Gasteiger partial charge in [0.05, 0.1) is 6.54 Å². The minimum absolute atomic E-state index is 0.128. The van der Waals surface area contributed by atoms with Gasteiger partial charge in [-0.1, -0.05) is 30.3 Å². The summed E-state index contributed by atoms with van der Waals surface area (Å²) in [6.45, 7) is 2.95. The Hall–Kier alpha value is -1.39. The lowest BCUT2D eigenvalue weighted by Crippen LogP contribution is -2.45. The third kappa shape index (κ3) is 4.33. The summed E-state index contributed by atoms with van der Waals surface area (Å²) in [5.41, 5.74) is 1.18. The van der Waals surface area contributed by atoms with Crippen molar-refractivity contribution < 1.29 is 9.90 Å². The number of aliphatic carboxylic acids is 1. The van der Waals surface area contributed by atoms with E-state index in [-0.39, 0.29) is 6.54 Å². The maximum atomic E-state index is 11.1. The van der Waals surface area contributed by atoms with Gasteiger partial charge >= 0.3 is 5.97 Å². The zero-order valence-electron chi connectivity index (χ0n) is 11.5. The van der Waals surface area contributed by atoms with Gasteiger partial charge in [-0.25, -0.2) is 0 Å². The largest absolute Gasteiger partial charge is 0.480 e. The molecule has 1 fully saturated rings. The lowest BCUT2D eigenvalue weighted by molar-refractivity contribution is -0.139. The molecule has 0 spiro atoms. The second-order valence-electron chi connectivity index (χ2n) is 5.32. The predicted octanol–water partition coefficient (Wildman–Crippen LogP) is 1.67. The minimum Gasteiger partial charge on any atom is -0.480 e. The molecule has 1 aromatic carbocycles. The van der Waals surface area contributed by atoms with Gasteiger partial charge in [0.2, 0.25) is 0 Å². The Morgan fingerprint density at radius 2 is 1.95 bits per heavy atom. The van der Waals surface area contributed by atoms with Crippen molar-refractivity contribution in [3.63, 3.8) is 0 Å². The summed E-state index contributed by atoms with van der Waals surface area (Å²) in [5, 5.41) is 9.09. The van der Waals surface area contributed by atoms with Crippen LogP contribution in [-0.4, -0.2) is 53.6 Å².